The van der Waals surface area contributed by atoms with E-state index < -0.39 is 5.41 Å². The zero-order valence-electron chi connectivity index (χ0n) is 19.4. The molecule has 0 amide bonds. The van der Waals surface area contributed by atoms with Gasteiger partial charge in [0, 0.05) is 11.5 Å². The van der Waals surface area contributed by atoms with E-state index in [4.69, 9.17) is 4.74 Å². The number of ether oxygens (including phenoxy) is 1. The molecule has 0 radical (unpaired) electrons. The van der Waals surface area contributed by atoms with Gasteiger partial charge in [0.1, 0.15) is 18.5 Å². The van der Waals surface area contributed by atoms with Gasteiger partial charge in [-0.05, 0) is 72.0 Å². The minimum Gasteiger partial charge on any atom is -0.456 e. The quantitative estimate of drug-likeness (QED) is 0.217. The summed E-state index contributed by atoms with van der Waals surface area (Å²) in [5, 5.41) is 16.8. The molecule has 1 aliphatic rings. The molecule has 3 nitrogen and oxygen atoms in total. The van der Waals surface area contributed by atoms with E-state index in [2.05, 4.69) is 91.5 Å². The second-order valence-electron chi connectivity index (χ2n) is 9.82. The van der Waals surface area contributed by atoms with Gasteiger partial charge in [0.2, 0.25) is 5.69 Å². The molecule has 160 valence electrons. The molecule has 6 rings (SSSR count). The fourth-order valence-electron chi connectivity index (χ4n) is 5.42. The van der Waals surface area contributed by atoms with E-state index in [0.717, 1.165) is 27.8 Å². The number of aromatic nitrogens is 1. The molecule has 33 heavy (non-hydrogen) atoms. The van der Waals surface area contributed by atoms with Gasteiger partial charge in [-0.2, -0.15) is 5.26 Å². The summed E-state index contributed by atoms with van der Waals surface area (Å²) in [6, 6.07) is 23.9. The molecule has 0 N–H and O–H groups in total. The highest BCUT2D eigenvalue weighted by atomic mass is 16.5. The Hall–Kier alpha value is -3.90. The monoisotopic (exact) mass is 429 g/mol. The van der Waals surface area contributed by atoms with E-state index in [1.54, 1.807) is 0 Å². The molecule has 0 saturated carbocycles. The number of nitriles is 1. The second-order valence-corrected chi connectivity index (χ2v) is 9.82. The van der Waals surface area contributed by atoms with Gasteiger partial charge in [-0.3, -0.25) is 0 Å². The van der Waals surface area contributed by atoms with Crippen molar-refractivity contribution in [2.45, 2.75) is 27.2 Å². The predicted octanol–water partition coefficient (Wildman–Crippen LogP) is 7.14. The van der Waals surface area contributed by atoms with Crippen LogP contribution in [0.1, 0.15) is 25.0 Å². The molecule has 2 heterocycles. The zero-order valence-corrected chi connectivity index (χ0v) is 19.4. The summed E-state index contributed by atoms with van der Waals surface area (Å²) in [6.07, 6.45) is 2.85. The maximum Gasteiger partial charge on any atom is 0.228 e. The van der Waals surface area contributed by atoms with Gasteiger partial charge in [-0.15, -0.1) is 0 Å². The van der Waals surface area contributed by atoms with Crippen molar-refractivity contribution in [2.75, 3.05) is 0 Å². The standard InChI is InChI=1S/C30H25N2O/c1-18-22-11-6-5-8-19(22)14-24-26(18)29-28-23(12-13-32(29)4)27-20(15-25(28)33-24)9-7-10-21(27)16-30(2,3)17-31/h5-15H,16H2,1-4H3/q+1. The van der Waals surface area contributed by atoms with Gasteiger partial charge < -0.3 is 4.74 Å². The fourth-order valence-corrected chi connectivity index (χ4v) is 5.42. The largest absolute Gasteiger partial charge is 0.456 e. The first kappa shape index (κ1) is 19.8. The summed E-state index contributed by atoms with van der Waals surface area (Å²) in [5.74, 6) is 1.80. The first-order chi connectivity index (χ1) is 15.9. The number of hydrogen-bond acceptors (Lipinski definition) is 2. The van der Waals surface area contributed by atoms with Crippen LogP contribution in [-0.2, 0) is 13.5 Å². The first-order valence-electron chi connectivity index (χ1n) is 11.4. The number of pyridine rings is 1. The third kappa shape index (κ3) is 2.84. The number of fused-ring (bicyclic) bond motifs is 5. The minimum absolute atomic E-state index is 0.433. The molecule has 0 aliphatic carbocycles. The molecule has 1 aromatic heterocycles. The molecule has 0 atom stereocenters. The smallest absolute Gasteiger partial charge is 0.228 e. The summed E-state index contributed by atoms with van der Waals surface area (Å²) < 4.78 is 8.81. The highest BCUT2D eigenvalue weighted by Gasteiger charge is 2.31. The maximum atomic E-state index is 9.67. The fraction of sp³-hybridized carbons (Fsp3) is 0.200. The Bertz CT molecular complexity index is 1670. The van der Waals surface area contributed by atoms with Crippen LogP contribution in [-0.4, -0.2) is 0 Å². The van der Waals surface area contributed by atoms with Gasteiger partial charge in [-0.1, -0.05) is 42.5 Å². The van der Waals surface area contributed by atoms with Gasteiger partial charge in [0.05, 0.1) is 22.4 Å². The molecular weight excluding hydrogens is 404 g/mol. The zero-order chi connectivity index (χ0) is 22.9. The van der Waals surface area contributed by atoms with Crippen LogP contribution in [0, 0.1) is 23.7 Å². The van der Waals surface area contributed by atoms with Gasteiger partial charge in [0.15, 0.2) is 6.20 Å². The van der Waals surface area contributed by atoms with Crippen molar-refractivity contribution in [3.8, 4) is 28.8 Å². The van der Waals surface area contributed by atoms with Crippen LogP contribution in [0.15, 0.2) is 66.9 Å². The molecule has 3 heteroatoms. The predicted molar refractivity (Wildman–Crippen MR) is 133 cm³/mol. The average Bonchev–Trinajstić information content (AvgIpc) is 2.80. The topological polar surface area (TPSA) is 36.9 Å². The van der Waals surface area contributed by atoms with Gasteiger partial charge >= 0.3 is 0 Å². The van der Waals surface area contributed by atoms with Gasteiger partial charge in [-0.25, -0.2) is 4.57 Å². The number of nitrogens with zero attached hydrogens (tertiary/aromatic N) is 2. The van der Waals surface area contributed by atoms with Crippen LogP contribution in [0.3, 0.4) is 0 Å². The number of benzene rings is 4. The number of rotatable bonds is 2. The third-order valence-electron chi connectivity index (χ3n) is 6.97. The van der Waals surface area contributed by atoms with Crippen molar-refractivity contribution in [3.05, 3.63) is 78.0 Å². The SMILES string of the molecule is Cc1c2c(cc3ccccc13)Oc1cc3cccc(CC(C)(C)C#N)c3c3cc[n+](C)c-2c13. The van der Waals surface area contributed by atoms with Crippen LogP contribution in [0.4, 0.5) is 0 Å². The molecule has 0 spiro atoms. The van der Waals surface area contributed by atoms with Crippen LogP contribution >= 0.6 is 0 Å². The minimum atomic E-state index is -0.433. The summed E-state index contributed by atoms with van der Waals surface area (Å²) in [5.41, 5.74) is 4.34. The molecule has 0 bridgehead atoms. The Morgan fingerprint density at radius 1 is 0.909 bits per heavy atom. The van der Waals surface area contributed by atoms with Crippen molar-refractivity contribution in [2.24, 2.45) is 12.5 Å². The molecule has 4 aromatic carbocycles. The third-order valence-corrected chi connectivity index (χ3v) is 6.97. The highest BCUT2D eigenvalue weighted by Crippen LogP contribution is 2.50. The summed E-state index contributed by atoms with van der Waals surface area (Å²) >= 11 is 0. The summed E-state index contributed by atoms with van der Waals surface area (Å²) in [4.78, 5) is 0. The average molecular weight is 430 g/mol. The summed E-state index contributed by atoms with van der Waals surface area (Å²) in [6.45, 7) is 6.20. The maximum absolute atomic E-state index is 9.67. The Morgan fingerprint density at radius 2 is 1.67 bits per heavy atom. The lowest BCUT2D eigenvalue weighted by molar-refractivity contribution is -0.659. The molecule has 0 saturated heterocycles. The van der Waals surface area contributed by atoms with E-state index in [-0.39, 0.29) is 0 Å². The normalized spacial score (nSPS) is 12.6. The van der Waals surface area contributed by atoms with E-state index in [1.807, 2.05) is 13.8 Å². The van der Waals surface area contributed by atoms with Crippen molar-refractivity contribution < 1.29 is 9.30 Å². The molecule has 0 fully saturated rings. The Morgan fingerprint density at radius 3 is 2.48 bits per heavy atom. The van der Waals surface area contributed by atoms with E-state index in [9.17, 15) is 5.26 Å². The lowest BCUT2D eigenvalue weighted by Gasteiger charge is -2.24. The van der Waals surface area contributed by atoms with Crippen LogP contribution in [0.25, 0.3) is 43.6 Å². The summed E-state index contributed by atoms with van der Waals surface area (Å²) in [7, 11) is 2.11. The van der Waals surface area contributed by atoms with Gasteiger partial charge in [0.25, 0.3) is 0 Å². The van der Waals surface area contributed by atoms with Crippen molar-refractivity contribution in [1.29, 1.82) is 5.26 Å². The molecule has 5 aromatic rings. The highest BCUT2D eigenvalue weighted by molar-refractivity contribution is 6.17. The van der Waals surface area contributed by atoms with E-state index in [0.29, 0.717) is 6.42 Å². The van der Waals surface area contributed by atoms with Crippen LogP contribution in [0.2, 0.25) is 0 Å². The molecule has 1 aliphatic heterocycles. The number of hydrogen-bond donors (Lipinski definition) is 0. The Labute approximate surface area is 193 Å². The van der Waals surface area contributed by atoms with E-state index >= 15 is 0 Å². The van der Waals surface area contributed by atoms with Crippen molar-refractivity contribution in [3.63, 3.8) is 0 Å². The van der Waals surface area contributed by atoms with Crippen LogP contribution in [0.5, 0.6) is 11.5 Å². The van der Waals surface area contributed by atoms with Crippen LogP contribution < -0.4 is 9.30 Å². The lowest BCUT2D eigenvalue weighted by atomic mass is 9.83. The Balaban J connectivity index is 1.75. The molecule has 0 unspecified atom stereocenters. The lowest BCUT2D eigenvalue weighted by Crippen LogP contribution is -2.31. The second kappa shape index (κ2) is 6.80. The van der Waals surface area contributed by atoms with Crippen molar-refractivity contribution in [1.82, 2.24) is 0 Å². The Kier molecular flexibility index (Phi) is 4.07. The molecular formula is C30H25N2O+. The van der Waals surface area contributed by atoms with Crippen molar-refractivity contribution >= 4 is 32.3 Å². The van der Waals surface area contributed by atoms with E-state index in [1.165, 1.54) is 38.4 Å². The number of aryl methyl sites for hydroxylation is 2. The first-order valence-corrected chi connectivity index (χ1v) is 11.4.